The van der Waals surface area contributed by atoms with E-state index in [4.69, 9.17) is 21.1 Å². The molecule has 1 aromatic carbocycles. The minimum atomic E-state index is -0.150. The maximum atomic E-state index is 11.7. The van der Waals surface area contributed by atoms with Crippen LogP contribution in [0.1, 0.15) is 25.3 Å². The molecule has 0 aromatic heterocycles. The predicted octanol–water partition coefficient (Wildman–Crippen LogP) is 2.67. The Morgan fingerprint density at radius 1 is 1.48 bits per heavy atom. The molecule has 1 saturated carbocycles. The van der Waals surface area contributed by atoms with Crippen molar-refractivity contribution in [2.24, 2.45) is 0 Å². The number of nitrogens with zero attached hydrogens (tertiary/aromatic N) is 1. The number of hydrogen-bond acceptors (Lipinski definition) is 4. The van der Waals surface area contributed by atoms with E-state index in [-0.39, 0.29) is 12.1 Å². The van der Waals surface area contributed by atoms with Gasteiger partial charge in [-0.3, -0.25) is 9.69 Å². The van der Waals surface area contributed by atoms with Gasteiger partial charge in [0.2, 0.25) is 0 Å². The van der Waals surface area contributed by atoms with Crippen molar-refractivity contribution in [3.05, 3.63) is 28.8 Å². The summed E-state index contributed by atoms with van der Waals surface area (Å²) in [6.45, 7) is 3.38. The summed E-state index contributed by atoms with van der Waals surface area (Å²) < 4.78 is 11.0. The number of ether oxygens (including phenoxy) is 2. The Morgan fingerprint density at radius 3 is 3.00 bits per heavy atom. The zero-order valence-electron chi connectivity index (χ0n) is 12.2. The van der Waals surface area contributed by atoms with Gasteiger partial charge in [0.1, 0.15) is 11.9 Å². The first kappa shape index (κ1) is 14.7. The average Bonchev–Trinajstić information content (AvgIpc) is 3.20. The van der Waals surface area contributed by atoms with Gasteiger partial charge in [-0.1, -0.05) is 11.6 Å². The molecule has 5 heteroatoms. The van der Waals surface area contributed by atoms with Gasteiger partial charge in [-0.2, -0.15) is 0 Å². The molecular formula is C16H20ClNO3. The molecule has 0 saturated heterocycles. The number of hydrogen-bond donors (Lipinski definition) is 0. The number of esters is 1. The highest BCUT2D eigenvalue weighted by molar-refractivity contribution is 6.30. The fourth-order valence-corrected chi connectivity index (χ4v) is 3.00. The SMILES string of the molecule is CCOC(=O)CN(CC1Cc2cc(Cl)ccc2O1)C1CC1. The maximum Gasteiger partial charge on any atom is 0.320 e. The first-order chi connectivity index (χ1) is 10.2. The number of carbonyl (C=O) groups is 1. The second-order valence-corrected chi connectivity index (χ2v) is 6.10. The lowest BCUT2D eigenvalue weighted by Crippen LogP contribution is -2.40. The van der Waals surface area contributed by atoms with Crippen LogP contribution in [0.2, 0.25) is 5.02 Å². The molecule has 0 radical (unpaired) electrons. The summed E-state index contributed by atoms with van der Waals surface area (Å²) in [5.74, 6) is 0.763. The lowest BCUT2D eigenvalue weighted by Gasteiger charge is -2.24. The van der Waals surface area contributed by atoms with Crippen molar-refractivity contribution in [3.63, 3.8) is 0 Å². The van der Waals surface area contributed by atoms with Crippen LogP contribution >= 0.6 is 11.6 Å². The largest absolute Gasteiger partial charge is 0.488 e. The summed E-state index contributed by atoms with van der Waals surface area (Å²) in [4.78, 5) is 13.9. The highest BCUT2D eigenvalue weighted by Crippen LogP contribution is 2.33. The molecule has 4 nitrogen and oxygen atoms in total. The summed E-state index contributed by atoms with van der Waals surface area (Å²) in [5, 5.41) is 0.739. The summed E-state index contributed by atoms with van der Waals surface area (Å²) in [5.41, 5.74) is 1.15. The molecule has 1 aromatic rings. The van der Waals surface area contributed by atoms with Gasteiger partial charge in [0.15, 0.2) is 0 Å². The standard InChI is InChI=1S/C16H20ClNO3/c1-2-20-16(19)10-18(13-4-5-13)9-14-8-11-7-12(17)3-6-15(11)21-14/h3,6-7,13-14H,2,4-5,8-10H2,1H3. The monoisotopic (exact) mass is 309 g/mol. The fraction of sp³-hybridized carbons (Fsp3) is 0.562. The van der Waals surface area contributed by atoms with Gasteiger partial charge >= 0.3 is 5.97 Å². The first-order valence-corrected chi connectivity index (χ1v) is 7.88. The van der Waals surface area contributed by atoms with Crippen LogP contribution in [0.3, 0.4) is 0 Å². The third-order valence-electron chi connectivity index (χ3n) is 3.90. The van der Waals surface area contributed by atoms with Crippen LogP contribution in [0.15, 0.2) is 18.2 Å². The molecule has 114 valence electrons. The second kappa shape index (κ2) is 6.24. The summed E-state index contributed by atoms with van der Waals surface area (Å²) >= 11 is 6.01. The van der Waals surface area contributed by atoms with Gasteiger partial charge in [-0.05, 0) is 43.5 Å². The molecule has 1 heterocycles. The van der Waals surface area contributed by atoms with Gasteiger partial charge in [0.25, 0.3) is 0 Å². The lowest BCUT2D eigenvalue weighted by molar-refractivity contribution is -0.144. The van der Waals surface area contributed by atoms with E-state index in [1.807, 2.05) is 25.1 Å². The Balaban J connectivity index is 1.59. The number of fused-ring (bicyclic) bond motifs is 1. The Kier molecular flexibility index (Phi) is 4.36. The van der Waals surface area contributed by atoms with Gasteiger partial charge in [-0.15, -0.1) is 0 Å². The molecular weight excluding hydrogens is 290 g/mol. The zero-order valence-corrected chi connectivity index (χ0v) is 12.9. The van der Waals surface area contributed by atoms with Crippen molar-refractivity contribution >= 4 is 17.6 Å². The quantitative estimate of drug-likeness (QED) is 0.757. The van der Waals surface area contributed by atoms with E-state index in [1.54, 1.807) is 0 Å². The van der Waals surface area contributed by atoms with Crippen molar-refractivity contribution < 1.29 is 14.3 Å². The minimum Gasteiger partial charge on any atom is -0.488 e. The molecule has 0 bridgehead atoms. The summed E-state index contributed by atoms with van der Waals surface area (Å²) in [7, 11) is 0. The topological polar surface area (TPSA) is 38.8 Å². The van der Waals surface area contributed by atoms with Crippen molar-refractivity contribution in [2.45, 2.75) is 38.3 Å². The minimum absolute atomic E-state index is 0.0912. The molecule has 21 heavy (non-hydrogen) atoms. The van der Waals surface area contributed by atoms with Gasteiger partial charge in [-0.25, -0.2) is 0 Å². The fourth-order valence-electron chi connectivity index (χ4n) is 2.81. The van der Waals surface area contributed by atoms with Gasteiger partial charge in [0, 0.05) is 24.0 Å². The van der Waals surface area contributed by atoms with Gasteiger partial charge in [0.05, 0.1) is 13.2 Å². The molecule has 1 aliphatic carbocycles. The van der Waals surface area contributed by atoms with E-state index >= 15 is 0 Å². The highest BCUT2D eigenvalue weighted by Gasteiger charge is 2.34. The highest BCUT2D eigenvalue weighted by atomic mass is 35.5. The van der Waals surface area contributed by atoms with E-state index in [0.717, 1.165) is 42.1 Å². The van der Waals surface area contributed by atoms with Crippen LogP contribution in [0, 0.1) is 0 Å². The van der Waals surface area contributed by atoms with Gasteiger partial charge < -0.3 is 9.47 Å². The van der Waals surface area contributed by atoms with Crippen LogP contribution in [0.4, 0.5) is 0 Å². The number of halogens is 1. The zero-order chi connectivity index (χ0) is 14.8. The van der Waals surface area contributed by atoms with Crippen LogP contribution in [0.5, 0.6) is 5.75 Å². The van der Waals surface area contributed by atoms with E-state index in [9.17, 15) is 4.79 Å². The van der Waals surface area contributed by atoms with E-state index in [1.165, 1.54) is 0 Å². The van der Waals surface area contributed by atoms with E-state index < -0.39 is 0 Å². The van der Waals surface area contributed by atoms with Crippen LogP contribution in [-0.2, 0) is 16.0 Å². The maximum absolute atomic E-state index is 11.7. The Bertz CT molecular complexity index is 530. The van der Waals surface area contributed by atoms with Crippen molar-refractivity contribution in [3.8, 4) is 5.75 Å². The summed E-state index contributed by atoms with van der Waals surface area (Å²) in [6.07, 6.45) is 3.26. The van der Waals surface area contributed by atoms with Crippen LogP contribution < -0.4 is 4.74 Å². The molecule has 2 aliphatic rings. The molecule has 1 atom stereocenters. The molecule has 0 amide bonds. The predicted molar refractivity (Wildman–Crippen MR) is 80.8 cm³/mol. The molecule has 1 unspecified atom stereocenters. The van der Waals surface area contributed by atoms with Crippen molar-refractivity contribution in [2.75, 3.05) is 19.7 Å². The average molecular weight is 310 g/mol. The third-order valence-corrected chi connectivity index (χ3v) is 4.14. The van der Waals surface area contributed by atoms with E-state index in [2.05, 4.69) is 4.90 Å². The lowest BCUT2D eigenvalue weighted by atomic mass is 10.1. The Labute approximate surface area is 130 Å². The summed E-state index contributed by atoms with van der Waals surface area (Å²) in [6, 6.07) is 6.24. The number of benzene rings is 1. The van der Waals surface area contributed by atoms with E-state index in [0.29, 0.717) is 19.2 Å². The van der Waals surface area contributed by atoms with Crippen LogP contribution in [-0.4, -0.2) is 42.7 Å². The van der Waals surface area contributed by atoms with Crippen molar-refractivity contribution in [1.82, 2.24) is 4.90 Å². The first-order valence-electron chi connectivity index (χ1n) is 7.50. The normalized spacial score (nSPS) is 20.2. The second-order valence-electron chi connectivity index (χ2n) is 5.66. The van der Waals surface area contributed by atoms with Crippen molar-refractivity contribution in [1.29, 1.82) is 0 Å². The Hall–Kier alpha value is -1.26. The molecule has 1 aliphatic heterocycles. The Morgan fingerprint density at radius 2 is 2.29 bits per heavy atom. The number of rotatable bonds is 6. The molecule has 1 fully saturated rings. The molecule has 0 spiro atoms. The number of carbonyl (C=O) groups excluding carboxylic acids is 1. The third kappa shape index (κ3) is 3.69. The molecule has 0 N–H and O–H groups in total. The smallest absolute Gasteiger partial charge is 0.320 e. The molecule has 3 rings (SSSR count). The van der Waals surface area contributed by atoms with Crippen LogP contribution in [0.25, 0.3) is 0 Å².